The van der Waals surface area contributed by atoms with E-state index in [2.05, 4.69) is 29.0 Å². The monoisotopic (exact) mass is 269 g/mol. The number of piperazine rings is 1. The standard InChI is InChI=1S/C16H35N3/c1-3-9-17-10-7-5-6-8-12-19-15-13-18(11-4-2)14-16-19/h17H,3-16H2,1-2H3. The van der Waals surface area contributed by atoms with Crippen LogP contribution in [0.15, 0.2) is 0 Å². The van der Waals surface area contributed by atoms with E-state index in [4.69, 9.17) is 0 Å². The van der Waals surface area contributed by atoms with Crippen molar-refractivity contribution in [2.75, 3.05) is 52.4 Å². The highest BCUT2D eigenvalue weighted by molar-refractivity contribution is 4.71. The molecule has 1 aliphatic heterocycles. The van der Waals surface area contributed by atoms with E-state index in [9.17, 15) is 0 Å². The van der Waals surface area contributed by atoms with Crippen LogP contribution in [-0.2, 0) is 0 Å². The van der Waals surface area contributed by atoms with Gasteiger partial charge >= 0.3 is 0 Å². The van der Waals surface area contributed by atoms with Crippen LogP contribution in [0.1, 0.15) is 52.4 Å². The number of hydrogen-bond donors (Lipinski definition) is 1. The third-order valence-electron chi connectivity index (χ3n) is 4.01. The summed E-state index contributed by atoms with van der Waals surface area (Å²) in [7, 11) is 0. The van der Waals surface area contributed by atoms with Crippen LogP contribution in [0.5, 0.6) is 0 Å². The lowest BCUT2D eigenvalue weighted by Gasteiger charge is -2.34. The van der Waals surface area contributed by atoms with E-state index in [0.717, 1.165) is 0 Å². The van der Waals surface area contributed by atoms with Gasteiger partial charge in [0.25, 0.3) is 0 Å². The summed E-state index contributed by atoms with van der Waals surface area (Å²) in [5, 5.41) is 3.48. The van der Waals surface area contributed by atoms with Gasteiger partial charge in [0, 0.05) is 26.2 Å². The highest BCUT2D eigenvalue weighted by Gasteiger charge is 2.14. The van der Waals surface area contributed by atoms with E-state index >= 15 is 0 Å². The van der Waals surface area contributed by atoms with E-state index in [-0.39, 0.29) is 0 Å². The first kappa shape index (κ1) is 16.9. The number of nitrogens with zero attached hydrogens (tertiary/aromatic N) is 2. The molecular formula is C16H35N3. The lowest BCUT2D eigenvalue weighted by Crippen LogP contribution is -2.46. The first-order valence-electron chi connectivity index (χ1n) is 8.52. The summed E-state index contributed by atoms with van der Waals surface area (Å²) >= 11 is 0. The molecule has 0 unspecified atom stereocenters. The molecule has 19 heavy (non-hydrogen) atoms. The molecule has 1 heterocycles. The Morgan fingerprint density at radius 3 is 1.95 bits per heavy atom. The Labute approximate surface area is 120 Å². The zero-order valence-corrected chi connectivity index (χ0v) is 13.3. The molecule has 1 N–H and O–H groups in total. The SMILES string of the molecule is CCCNCCCCCCN1CCN(CCC)CC1. The molecular weight excluding hydrogens is 234 g/mol. The summed E-state index contributed by atoms with van der Waals surface area (Å²) in [5.41, 5.74) is 0. The summed E-state index contributed by atoms with van der Waals surface area (Å²) in [6.45, 7) is 14.7. The van der Waals surface area contributed by atoms with Crippen LogP contribution in [0.3, 0.4) is 0 Å². The Kier molecular flexibility index (Phi) is 10.4. The Bertz CT molecular complexity index is 188. The summed E-state index contributed by atoms with van der Waals surface area (Å²) in [6, 6.07) is 0. The van der Waals surface area contributed by atoms with Crippen molar-refractivity contribution in [3.63, 3.8) is 0 Å². The van der Waals surface area contributed by atoms with Gasteiger partial charge in [0.05, 0.1) is 0 Å². The fourth-order valence-electron chi connectivity index (χ4n) is 2.79. The van der Waals surface area contributed by atoms with Gasteiger partial charge < -0.3 is 15.1 Å². The second kappa shape index (κ2) is 11.7. The van der Waals surface area contributed by atoms with E-state index in [1.165, 1.54) is 90.9 Å². The molecule has 3 heteroatoms. The van der Waals surface area contributed by atoms with Gasteiger partial charge in [-0.1, -0.05) is 26.7 Å². The van der Waals surface area contributed by atoms with E-state index in [1.54, 1.807) is 0 Å². The van der Waals surface area contributed by atoms with Gasteiger partial charge in [0.2, 0.25) is 0 Å². The molecule has 1 fully saturated rings. The molecule has 0 bridgehead atoms. The maximum atomic E-state index is 3.48. The average molecular weight is 269 g/mol. The van der Waals surface area contributed by atoms with E-state index in [1.807, 2.05) is 0 Å². The predicted molar refractivity (Wildman–Crippen MR) is 84.8 cm³/mol. The van der Waals surface area contributed by atoms with Gasteiger partial charge in [-0.25, -0.2) is 0 Å². The molecule has 3 nitrogen and oxygen atoms in total. The molecule has 1 saturated heterocycles. The number of nitrogens with one attached hydrogen (secondary N) is 1. The highest BCUT2D eigenvalue weighted by Crippen LogP contribution is 2.06. The second-order valence-electron chi connectivity index (χ2n) is 5.85. The quantitative estimate of drug-likeness (QED) is 0.582. The molecule has 0 aromatic heterocycles. The van der Waals surface area contributed by atoms with Gasteiger partial charge in [0.15, 0.2) is 0 Å². The normalized spacial score (nSPS) is 18.0. The topological polar surface area (TPSA) is 18.5 Å². The van der Waals surface area contributed by atoms with Crippen LogP contribution < -0.4 is 5.32 Å². The van der Waals surface area contributed by atoms with Crippen LogP contribution in [0.4, 0.5) is 0 Å². The van der Waals surface area contributed by atoms with Crippen LogP contribution in [0.25, 0.3) is 0 Å². The van der Waals surface area contributed by atoms with Gasteiger partial charge in [-0.15, -0.1) is 0 Å². The fraction of sp³-hybridized carbons (Fsp3) is 1.00. The molecule has 0 saturated carbocycles. The lowest BCUT2D eigenvalue weighted by molar-refractivity contribution is 0.131. The summed E-state index contributed by atoms with van der Waals surface area (Å²) < 4.78 is 0. The van der Waals surface area contributed by atoms with Crippen LogP contribution in [-0.4, -0.2) is 62.2 Å². The Hall–Kier alpha value is -0.120. The van der Waals surface area contributed by atoms with Crippen molar-refractivity contribution in [3.8, 4) is 0 Å². The van der Waals surface area contributed by atoms with Crippen molar-refractivity contribution in [1.82, 2.24) is 15.1 Å². The van der Waals surface area contributed by atoms with Gasteiger partial charge in [-0.2, -0.15) is 0 Å². The largest absolute Gasteiger partial charge is 0.317 e. The number of rotatable bonds is 11. The Balaban J connectivity index is 1.85. The molecule has 0 aromatic rings. The van der Waals surface area contributed by atoms with Crippen molar-refractivity contribution in [2.45, 2.75) is 52.4 Å². The molecule has 1 rings (SSSR count). The number of hydrogen-bond acceptors (Lipinski definition) is 3. The smallest absolute Gasteiger partial charge is 0.0110 e. The van der Waals surface area contributed by atoms with Gasteiger partial charge in [-0.3, -0.25) is 0 Å². The Morgan fingerprint density at radius 1 is 0.684 bits per heavy atom. The van der Waals surface area contributed by atoms with Crippen LogP contribution in [0.2, 0.25) is 0 Å². The first-order valence-corrected chi connectivity index (χ1v) is 8.52. The highest BCUT2D eigenvalue weighted by atomic mass is 15.3. The molecule has 114 valence electrons. The minimum absolute atomic E-state index is 1.18. The predicted octanol–water partition coefficient (Wildman–Crippen LogP) is 2.57. The molecule has 0 radical (unpaired) electrons. The van der Waals surface area contributed by atoms with Gasteiger partial charge in [0.1, 0.15) is 0 Å². The third-order valence-corrected chi connectivity index (χ3v) is 4.01. The van der Waals surface area contributed by atoms with Crippen molar-refractivity contribution in [2.24, 2.45) is 0 Å². The van der Waals surface area contributed by atoms with Gasteiger partial charge in [-0.05, 0) is 51.9 Å². The summed E-state index contributed by atoms with van der Waals surface area (Å²) in [5.74, 6) is 0. The lowest BCUT2D eigenvalue weighted by atomic mass is 10.1. The zero-order chi connectivity index (χ0) is 13.8. The number of unbranched alkanes of at least 4 members (excludes halogenated alkanes) is 3. The fourth-order valence-corrected chi connectivity index (χ4v) is 2.79. The Morgan fingerprint density at radius 2 is 1.32 bits per heavy atom. The van der Waals surface area contributed by atoms with Crippen molar-refractivity contribution >= 4 is 0 Å². The van der Waals surface area contributed by atoms with Crippen molar-refractivity contribution in [1.29, 1.82) is 0 Å². The van der Waals surface area contributed by atoms with E-state index < -0.39 is 0 Å². The molecule has 1 aliphatic rings. The average Bonchev–Trinajstić information content (AvgIpc) is 2.44. The third kappa shape index (κ3) is 8.61. The molecule has 0 spiro atoms. The maximum absolute atomic E-state index is 3.48. The summed E-state index contributed by atoms with van der Waals surface area (Å²) in [4.78, 5) is 5.26. The van der Waals surface area contributed by atoms with Crippen molar-refractivity contribution < 1.29 is 0 Å². The molecule has 0 atom stereocenters. The zero-order valence-electron chi connectivity index (χ0n) is 13.3. The second-order valence-corrected chi connectivity index (χ2v) is 5.85. The molecule has 0 amide bonds. The van der Waals surface area contributed by atoms with E-state index in [0.29, 0.717) is 0 Å². The minimum atomic E-state index is 1.18. The minimum Gasteiger partial charge on any atom is -0.317 e. The van der Waals surface area contributed by atoms with Crippen LogP contribution in [0, 0.1) is 0 Å². The first-order chi connectivity index (χ1) is 9.36. The molecule has 0 aromatic carbocycles. The maximum Gasteiger partial charge on any atom is 0.0110 e. The van der Waals surface area contributed by atoms with Crippen LogP contribution >= 0.6 is 0 Å². The summed E-state index contributed by atoms with van der Waals surface area (Å²) in [6.07, 6.45) is 8.09. The molecule has 0 aliphatic carbocycles. The van der Waals surface area contributed by atoms with Crippen molar-refractivity contribution in [3.05, 3.63) is 0 Å².